The summed E-state index contributed by atoms with van der Waals surface area (Å²) >= 11 is 9.08. The zero-order valence-corrected chi connectivity index (χ0v) is 9.89. The highest BCUT2D eigenvalue weighted by molar-refractivity contribution is 9.10. The first-order valence-electron chi connectivity index (χ1n) is 4.02. The van der Waals surface area contributed by atoms with Gasteiger partial charge in [-0.1, -0.05) is 17.7 Å². The summed E-state index contributed by atoms with van der Waals surface area (Å²) in [5.41, 5.74) is 0.712. The van der Waals surface area contributed by atoms with Crippen molar-refractivity contribution in [3.63, 3.8) is 0 Å². The van der Waals surface area contributed by atoms with Gasteiger partial charge in [-0.25, -0.2) is 0 Å². The molecule has 0 saturated carbocycles. The van der Waals surface area contributed by atoms with Crippen LogP contribution in [0.15, 0.2) is 34.8 Å². The third-order valence-electron chi connectivity index (χ3n) is 1.51. The van der Waals surface area contributed by atoms with Gasteiger partial charge in [-0.05, 0) is 47.1 Å². The standard InChI is InChI=1S/C10H9BrClNO/c1-2-3-10(14)13-7-4-5-9(12)8(11)6-7/h2-6H,1H3,(H,13,14). The lowest BCUT2D eigenvalue weighted by Crippen LogP contribution is -2.07. The van der Waals surface area contributed by atoms with Crippen LogP contribution in [-0.2, 0) is 4.79 Å². The Balaban J connectivity index is 2.78. The molecule has 2 nitrogen and oxygen atoms in total. The molecule has 1 rings (SSSR count). The van der Waals surface area contributed by atoms with Crippen molar-refractivity contribution in [2.75, 3.05) is 5.32 Å². The highest BCUT2D eigenvalue weighted by atomic mass is 79.9. The van der Waals surface area contributed by atoms with Gasteiger partial charge in [0.2, 0.25) is 5.91 Å². The Morgan fingerprint density at radius 3 is 2.86 bits per heavy atom. The van der Waals surface area contributed by atoms with Crippen LogP contribution in [0, 0.1) is 0 Å². The topological polar surface area (TPSA) is 29.1 Å². The molecule has 0 aliphatic heterocycles. The molecule has 0 aromatic heterocycles. The van der Waals surface area contributed by atoms with Crippen molar-refractivity contribution in [1.82, 2.24) is 0 Å². The number of amides is 1. The first-order chi connectivity index (χ1) is 6.63. The summed E-state index contributed by atoms with van der Waals surface area (Å²) in [5, 5.41) is 3.32. The van der Waals surface area contributed by atoms with E-state index in [1.165, 1.54) is 6.08 Å². The SMILES string of the molecule is CC=CC(=O)Nc1ccc(Cl)c(Br)c1. The highest BCUT2D eigenvalue weighted by Gasteiger charge is 2.00. The maximum absolute atomic E-state index is 11.2. The van der Waals surface area contributed by atoms with Gasteiger partial charge >= 0.3 is 0 Å². The lowest BCUT2D eigenvalue weighted by atomic mass is 10.3. The number of anilines is 1. The van der Waals surface area contributed by atoms with E-state index in [-0.39, 0.29) is 5.91 Å². The monoisotopic (exact) mass is 273 g/mol. The average molecular weight is 275 g/mol. The Morgan fingerprint density at radius 2 is 2.29 bits per heavy atom. The Kier molecular flexibility index (Phi) is 4.17. The normalized spacial score (nSPS) is 10.5. The predicted octanol–water partition coefficient (Wildman–Crippen LogP) is 3.62. The first kappa shape index (κ1) is 11.3. The minimum absolute atomic E-state index is 0.151. The van der Waals surface area contributed by atoms with Gasteiger partial charge in [0, 0.05) is 10.2 Å². The van der Waals surface area contributed by atoms with Crippen LogP contribution < -0.4 is 5.32 Å². The van der Waals surface area contributed by atoms with Crippen molar-refractivity contribution in [2.45, 2.75) is 6.92 Å². The number of hydrogen-bond donors (Lipinski definition) is 1. The fourth-order valence-corrected chi connectivity index (χ4v) is 1.41. The Bertz CT molecular complexity index is 376. The van der Waals surface area contributed by atoms with E-state index in [0.29, 0.717) is 10.7 Å². The van der Waals surface area contributed by atoms with E-state index in [1.54, 1.807) is 31.2 Å². The minimum atomic E-state index is -0.151. The molecular formula is C10H9BrClNO. The van der Waals surface area contributed by atoms with Crippen LogP contribution >= 0.6 is 27.5 Å². The van der Waals surface area contributed by atoms with Crippen LogP contribution in [0.3, 0.4) is 0 Å². The Hall–Kier alpha value is -0.800. The quantitative estimate of drug-likeness (QED) is 0.820. The molecule has 4 heteroatoms. The maximum atomic E-state index is 11.2. The van der Waals surface area contributed by atoms with E-state index in [2.05, 4.69) is 21.2 Å². The van der Waals surface area contributed by atoms with Crippen molar-refractivity contribution in [1.29, 1.82) is 0 Å². The van der Waals surface area contributed by atoms with Gasteiger partial charge in [0.05, 0.1) is 5.02 Å². The summed E-state index contributed by atoms with van der Waals surface area (Å²) in [6.07, 6.45) is 3.14. The van der Waals surface area contributed by atoms with Crippen LogP contribution in [0.2, 0.25) is 5.02 Å². The molecule has 0 saturated heterocycles. The zero-order valence-electron chi connectivity index (χ0n) is 7.55. The van der Waals surface area contributed by atoms with E-state index < -0.39 is 0 Å². The predicted molar refractivity (Wildman–Crippen MR) is 62.6 cm³/mol. The van der Waals surface area contributed by atoms with E-state index in [9.17, 15) is 4.79 Å². The smallest absolute Gasteiger partial charge is 0.248 e. The van der Waals surface area contributed by atoms with E-state index in [4.69, 9.17) is 11.6 Å². The van der Waals surface area contributed by atoms with Crippen LogP contribution in [0.4, 0.5) is 5.69 Å². The molecule has 0 fully saturated rings. The van der Waals surface area contributed by atoms with Crippen molar-refractivity contribution in [3.8, 4) is 0 Å². The number of nitrogens with one attached hydrogen (secondary N) is 1. The third kappa shape index (κ3) is 3.16. The molecule has 0 radical (unpaired) electrons. The minimum Gasteiger partial charge on any atom is -0.322 e. The molecule has 1 aromatic rings. The van der Waals surface area contributed by atoms with E-state index in [0.717, 1.165) is 4.47 Å². The van der Waals surface area contributed by atoms with E-state index in [1.807, 2.05) is 0 Å². The molecule has 14 heavy (non-hydrogen) atoms. The van der Waals surface area contributed by atoms with Crippen LogP contribution in [0.25, 0.3) is 0 Å². The molecule has 0 spiro atoms. The first-order valence-corrected chi connectivity index (χ1v) is 5.19. The molecular weight excluding hydrogens is 265 g/mol. The number of allylic oxidation sites excluding steroid dienone is 1. The molecule has 1 aromatic carbocycles. The van der Waals surface area contributed by atoms with Crippen molar-refractivity contribution < 1.29 is 4.79 Å². The lowest BCUT2D eigenvalue weighted by Gasteiger charge is -2.03. The molecule has 0 unspecified atom stereocenters. The fraction of sp³-hybridized carbons (Fsp3) is 0.100. The van der Waals surface area contributed by atoms with Crippen molar-refractivity contribution in [3.05, 3.63) is 39.8 Å². The number of carbonyl (C=O) groups excluding carboxylic acids is 1. The molecule has 0 heterocycles. The van der Waals surface area contributed by atoms with Gasteiger partial charge in [0.15, 0.2) is 0 Å². The molecule has 0 atom stereocenters. The fourth-order valence-electron chi connectivity index (χ4n) is 0.909. The van der Waals surface area contributed by atoms with Gasteiger partial charge in [-0.2, -0.15) is 0 Å². The van der Waals surface area contributed by atoms with Gasteiger partial charge in [0.1, 0.15) is 0 Å². The maximum Gasteiger partial charge on any atom is 0.248 e. The summed E-state index contributed by atoms with van der Waals surface area (Å²) in [5.74, 6) is -0.151. The number of rotatable bonds is 2. The summed E-state index contributed by atoms with van der Waals surface area (Å²) in [6.45, 7) is 1.79. The molecule has 1 amide bonds. The molecule has 1 N–H and O–H groups in total. The van der Waals surface area contributed by atoms with Crippen LogP contribution in [0.1, 0.15) is 6.92 Å². The third-order valence-corrected chi connectivity index (χ3v) is 2.72. The Labute approximate surface area is 96.1 Å². The van der Waals surface area contributed by atoms with Crippen LogP contribution in [-0.4, -0.2) is 5.91 Å². The van der Waals surface area contributed by atoms with Gasteiger partial charge in [0.25, 0.3) is 0 Å². The lowest BCUT2D eigenvalue weighted by molar-refractivity contribution is -0.111. The molecule has 0 bridgehead atoms. The van der Waals surface area contributed by atoms with Crippen molar-refractivity contribution >= 4 is 39.1 Å². The zero-order chi connectivity index (χ0) is 10.6. The number of hydrogen-bond acceptors (Lipinski definition) is 1. The summed E-state index contributed by atoms with van der Waals surface area (Å²) < 4.78 is 0.762. The molecule has 74 valence electrons. The Morgan fingerprint density at radius 1 is 1.57 bits per heavy atom. The summed E-state index contributed by atoms with van der Waals surface area (Å²) in [6, 6.07) is 5.22. The molecule has 0 aliphatic carbocycles. The number of carbonyl (C=O) groups is 1. The summed E-state index contributed by atoms with van der Waals surface area (Å²) in [7, 11) is 0. The van der Waals surface area contributed by atoms with Gasteiger partial charge < -0.3 is 5.32 Å². The van der Waals surface area contributed by atoms with Crippen LogP contribution in [0.5, 0.6) is 0 Å². The van der Waals surface area contributed by atoms with Gasteiger partial charge in [-0.15, -0.1) is 0 Å². The van der Waals surface area contributed by atoms with E-state index >= 15 is 0 Å². The highest BCUT2D eigenvalue weighted by Crippen LogP contribution is 2.25. The second-order valence-corrected chi connectivity index (χ2v) is 3.88. The average Bonchev–Trinajstić information content (AvgIpc) is 2.12. The number of halogens is 2. The molecule has 0 aliphatic rings. The van der Waals surface area contributed by atoms with Crippen molar-refractivity contribution in [2.24, 2.45) is 0 Å². The summed E-state index contributed by atoms with van der Waals surface area (Å²) in [4.78, 5) is 11.2. The second kappa shape index (κ2) is 5.17. The number of benzene rings is 1. The second-order valence-electron chi connectivity index (χ2n) is 2.62. The van der Waals surface area contributed by atoms with Gasteiger partial charge in [-0.3, -0.25) is 4.79 Å². The largest absolute Gasteiger partial charge is 0.322 e.